The molecule has 2 fully saturated rings. The Morgan fingerprint density at radius 2 is 1.91 bits per heavy atom. The van der Waals surface area contributed by atoms with Gasteiger partial charge in [-0.3, -0.25) is 9.59 Å². The van der Waals surface area contributed by atoms with Crippen LogP contribution in [0, 0.1) is 16.7 Å². The lowest BCUT2D eigenvalue weighted by Crippen LogP contribution is -2.56. The van der Waals surface area contributed by atoms with Crippen molar-refractivity contribution in [1.29, 1.82) is 0 Å². The number of hydrogen-bond donors (Lipinski definition) is 1. The topological polar surface area (TPSA) is 54.4 Å². The molecule has 0 amide bonds. The van der Waals surface area contributed by atoms with Crippen LogP contribution in [0.25, 0.3) is 0 Å². The lowest BCUT2D eigenvalue weighted by molar-refractivity contribution is -0.143. The standard InChI is InChI=1S/C19H24O3/c1-17-8-5-13(20)11-12(17)3-4-15-14(17)6-9-18(2)16(21)7-10-19(15,18)22/h6,11,15,22H,3-5,7-10H2,1-2H3/t15-,17+,18-,19?/m1/s1. The number of Topliss-reactive ketones (excluding diaryl/α,β-unsaturated/α-hetero) is 1. The average Bonchev–Trinajstić information content (AvgIpc) is 2.72. The minimum atomic E-state index is -0.885. The summed E-state index contributed by atoms with van der Waals surface area (Å²) in [6.45, 7) is 4.18. The number of fused-ring (bicyclic) bond motifs is 5. The Morgan fingerprint density at radius 1 is 1.14 bits per heavy atom. The molecule has 0 heterocycles. The van der Waals surface area contributed by atoms with Crippen LogP contribution < -0.4 is 0 Å². The minimum absolute atomic E-state index is 0.0769. The van der Waals surface area contributed by atoms with Crippen LogP contribution in [0.3, 0.4) is 0 Å². The summed E-state index contributed by atoms with van der Waals surface area (Å²) < 4.78 is 0. The van der Waals surface area contributed by atoms with Crippen molar-refractivity contribution >= 4 is 11.6 Å². The van der Waals surface area contributed by atoms with Gasteiger partial charge in [0, 0.05) is 24.2 Å². The van der Waals surface area contributed by atoms with Gasteiger partial charge in [0.2, 0.25) is 0 Å². The summed E-state index contributed by atoms with van der Waals surface area (Å²) in [5.41, 5.74) is 0.961. The van der Waals surface area contributed by atoms with E-state index in [1.807, 2.05) is 13.0 Å². The molecule has 0 aromatic rings. The van der Waals surface area contributed by atoms with Crippen LogP contribution in [0.5, 0.6) is 0 Å². The lowest BCUT2D eigenvalue weighted by Gasteiger charge is -2.55. The van der Waals surface area contributed by atoms with Gasteiger partial charge in [0.05, 0.1) is 11.0 Å². The number of allylic oxidation sites excluding steroid dienone is 3. The highest BCUT2D eigenvalue weighted by Gasteiger charge is 2.64. The first kappa shape index (κ1) is 14.4. The summed E-state index contributed by atoms with van der Waals surface area (Å²) in [7, 11) is 0. The first-order valence-corrected chi connectivity index (χ1v) is 8.51. The highest BCUT2D eigenvalue weighted by Crippen LogP contribution is 2.63. The maximum atomic E-state index is 12.4. The van der Waals surface area contributed by atoms with E-state index in [0.29, 0.717) is 25.7 Å². The second kappa shape index (κ2) is 4.19. The molecule has 3 nitrogen and oxygen atoms in total. The molecule has 4 aliphatic rings. The number of ketones is 2. The Balaban J connectivity index is 1.83. The molecule has 0 aromatic heterocycles. The SMILES string of the molecule is C[C@]12CCC(=O)C=C1CC[C@@H]1C2=CC[C@]2(C)C(=O)CCC12O. The van der Waals surface area contributed by atoms with Crippen LogP contribution in [0.1, 0.15) is 58.8 Å². The molecule has 118 valence electrons. The van der Waals surface area contributed by atoms with Gasteiger partial charge in [-0.1, -0.05) is 24.1 Å². The van der Waals surface area contributed by atoms with Crippen LogP contribution >= 0.6 is 0 Å². The van der Waals surface area contributed by atoms with Gasteiger partial charge in [-0.05, 0) is 45.1 Å². The molecule has 0 bridgehead atoms. The van der Waals surface area contributed by atoms with Crippen molar-refractivity contribution in [3.63, 3.8) is 0 Å². The van der Waals surface area contributed by atoms with Gasteiger partial charge in [-0.15, -0.1) is 0 Å². The fraction of sp³-hybridized carbons (Fsp3) is 0.684. The van der Waals surface area contributed by atoms with E-state index in [0.717, 1.165) is 19.3 Å². The third kappa shape index (κ3) is 1.51. The maximum Gasteiger partial charge on any atom is 0.155 e. The summed E-state index contributed by atoms with van der Waals surface area (Å²) >= 11 is 0. The quantitative estimate of drug-likeness (QED) is 0.699. The summed E-state index contributed by atoms with van der Waals surface area (Å²) in [6, 6.07) is 0. The van der Waals surface area contributed by atoms with Gasteiger partial charge in [-0.2, -0.15) is 0 Å². The molecule has 3 heteroatoms. The first-order valence-electron chi connectivity index (χ1n) is 8.51. The smallest absolute Gasteiger partial charge is 0.155 e. The minimum Gasteiger partial charge on any atom is -0.388 e. The summed E-state index contributed by atoms with van der Waals surface area (Å²) in [5, 5.41) is 11.4. The molecule has 0 radical (unpaired) electrons. The van der Waals surface area contributed by atoms with Gasteiger partial charge >= 0.3 is 0 Å². The Bertz CT molecular complexity index is 643. The van der Waals surface area contributed by atoms with Crippen LogP contribution in [0.2, 0.25) is 0 Å². The Kier molecular flexibility index (Phi) is 2.74. The summed E-state index contributed by atoms with van der Waals surface area (Å²) in [4.78, 5) is 24.1. The third-order valence-corrected chi connectivity index (χ3v) is 7.24. The highest BCUT2D eigenvalue weighted by atomic mass is 16.3. The predicted molar refractivity (Wildman–Crippen MR) is 83.2 cm³/mol. The van der Waals surface area contributed by atoms with Crippen molar-refractivity contribution in [2.45, 2.75) is 64.4 Å². The molecule has 4 aliphatic carbocycles. The molecule has 1 N–H and O–H groups in total. The molecule has 0 aliphatic heterocycles. The van der Waals surface area contributed by atoms with Crippen LogP contribution in [-0.4, -0.2) is 22.3 Å². The molecule has 4 atom stereocenters. The molecule has 0 saturated heterocycles. The van der Waals surface area contributed by atoms with E-state index < -0.39 is 11.0 Å². The van der Waals surface area contributed by atoms with Crippen LogP contribution in [0.4, 0.5) is 0 Å². The first-order chi connectivity index (χ1) is 10.3. The molecule has 22 heavy (non-hydrogen) atoms. The Morgan fingerprint density at radius 3 is 2.68 bits per heavy atom. The van der Waals surface area contributed by atoms with Crippen molar-refractivity contribution in [3.8, 4) is 0 Å². The van der Waals surface area contributed by atoms with Gasteiger partial charge in [0.15, 0.2) is 5.78 Å². The molecule has 1 unspecified atom stereocenters. The number of carbonyl (C=O) groups is 2. The summed E-state index contributed by atoms with van der Waals surface area (Å²) in [6.07, 6.45) is 8.99. The van der Waals surface area contributed by atoms with Gasteiger partial charge < -0.3 is 5.11 Å². The fourth-order valence-electron chi connectivity index (χ4n) is 5.60. The van der Waals surface area contributed by atoms with Gasteiger partial charge in [0.25, 0.3) is 0 Å². The van der Waals surface area contributed by atoms with Crippen LogP contribution in [0.15, 0.2) is 23.3 Å². The van der Waals surface area contributed by atoms with Crippen molar-refractivity contribution < 1.29 is 14.7 Å². The van der Waals surface area contributed by atoms with E-state index in [1.165, 1.54) is 11.1 Å². The zero-order valence-electron chi connectivity index (χ0n) is 13.4. The zero-order valence-corrected chi connectivity index (χ0v) is 13.4. The lowest BCUT2D eigenvalue weighted by atomic mass is 9.50. The molecule has 4 rings (SSSR count). The maximum absolute atomic E-state index is 12.4. The van der Waals surface area contributed by atoms with E-state index >= 15 is 0 Å². The van der Waals surface area contributed by atoms with Crippen LogP contribution in [-0.2, 0) is 9.59 Å². The number of rotatable bonds is 0. The molecule has 0 spiro atoms. The van der Waals surface area contributed by atoms with Crippen molar-refractivity contribution in [1.82, 2.24) is 0 Å². The van der Waals surface area contributed by atoms with E-state index in [4.69, 9.17) is 0 Å². The predicted octanol–water partition coefficient (Wildman–Crippen LogP) is 3.12. The van der Waals surface area contributed by atoms with E-state index in [2.05, 4.69) is 13.0 Å². The Hall–Kier alpha value is -1.22. The van der Waals surface area contributed by atoms with Crippen molar-refractivity contribution in [3.05, 3.63) is 23.3 Å². The van der Waals surface area contributed by atoms with Gasteiger partial charge in [-0.25, -0.2) is 0 Å². The normalized spacial score (nSPS) is 47.3. The zero-order chi connectivity index (χ0) is 15.8. The van der Waals surface area contributed by atoms with E-state index in [-0.39, 0.29) is 22.9 Å². The van der Waals surface area contributed by atoms with E-state index in [9.17, 15) is 14.7 Å². The third-order valence-electron chi connectivity index (χ3n) is 7.24. The number of hydrogen-bond acceptors (Lipinski definition) is 3. The Labute approximate surface area is 131 Å². The molecular formula is C19H24O3. The van der Waals surface area contributed by atoms with Crippen molar-refractivity contribution in [2.75, 3.05) is 0 Å². The number of carbonyl (C=O) groups excluding carboxylic acids is 2. The highest BCUT2D eigenvalue weighted by molar-refractivity contribution is 5.92. The molecular weight excluding hydrogens is 276 g/mol. The van der Waals surface area contributed by atoms with Gasteiger partial charge in [0.1, 0.15) is 5.78 Å². The molecule has 0 aromatic carbocycles. The van der Waals surface area contributed by atoms with Crippen molar-refractivity contribution in [2.24, 2.45) is 16.7 Å². The van der Waals surface area contributed by atoms with E-state index in [1.54, 1.807) is 0 Å². The summed E-state index contributed by atoms with van der Waals surface area (Å²) in [5.74, 6) is 0.533. The largest absolute Gasteiger partial charge is 0.388 e. The second-order valence-corrected chi connectivity index (χ2v) is 8.10. The average molecular weight is 300 g/mol. The monoisotopic (exact) mass is 300 g/mol. The fourth-order valence-corrected chi connectivity index (χ4v) is 5.60. The second-order valence-electron chi connectivity index (χ2n) is 8.10. The number of aliphatic hydroxyl groups is 1. The molecule has 2 saturated carbocycles.